The minimum Gasteiger partial charge on any atom is -0.393 e. The summed E-state index contributed by atoms with van der Waals surface area (Å²) in [6.07, 6.45) is 3.68. The van der Waals surface area contributed by atoms with Crippen molar-refractivity contribution in [3.8, 4) is 28.8 Å². The first-order valence-corrected chi connectivity index (χ1v) is 9.96. The molecule has 4 aromatic heterocycles. The van der Waals surface area contributed by atoms with Crippen LogP contribution in [0.15, 0.2) is 24.5 Å². The number of piperidine rings is 1. The Morgan fingerprint density at radius 3 is 2.81 bits per heavy atom. The van der Waals surface area contributed by atoms with Crippen molar-refractivity contribution >= 4 is 16.7 Å². The van der Waals surface area contributed by atoms with Gasteiger partial charge in [-0.25, -0.2) is 14.1 Å². The zero-order valence-corrected chi connectivity index (χ0v) is 16.8. The number of aliphatic hydroxyl groups excluding tert-OH is 1. The Kier molecular flexibility index (Phi) is 4.63. The number of nitrogens with one attached hydrogen (secondary N) is 1. The van der Waals surface area contributed by atoms with E-state index in [0.717, 1.165) is 11.9 Å². The minimum absolute atomic E-state index is 0.0369. The van der Waals surface area contributed by atoms with E-state index in [1.54, 1.807) is 24.0 Å². The van der Waals surface area contributed by atoms with E-state index >= 15 is 0 Å². The second kappa shape index (κ2) is 7.48. The van der Waals surface area contributed by atoms with Gasteiger partial charge in [-0.05, 0) is 25.0 Å². The van der Waals surface area contributed by atoms with Crippen LogP contribution < -0.4 is 4.90 Å². The van der Waals surface area contributed by atoms with E-state index in [9.17, 15) is 14.8 Å². The highest BCUT2D eigenvalue weighted by atomic mass is 19.1. The standard InChI is InChI=1S/C20H20FN9O/c1-28-19(13(21)11-24-28)15-10-16(29-7-3-12(31)4-8-29)20-18(25-15)17(14-2-6-23-26-14)27-30(20)9-5-22/h2,6,10-12,31H,3-4,7-9H2,1H3,(H,23,26). The summed E-state index contributed by atoms with van der Waals surface area (Å²) in [6, 6.07) is 5.73. The van der Waals surface area contributed by atoms with E-state index in [0.29, 0.717) is 54.0 Å². The summed E-state index contributed by atoms with van der Waals surface area (Å²) in [5.74, 6) is -0.470. The fourth-order valence-electron chi connectivity index (χ4n) is 4.08. The molecule has 158 valence electrons. The molecule has 0 aliphatic carbocycles. The van der Waals surface area contributed by atoms with E-state index in [2.05, 4.69) is 31.4 Å². The molecule has 4 aromatic rings. The molecule has 1 fully saturated rings. The van der Waals surface area contributed by atoms with Gasteiger partial charge < -0.3 is 10.0 Å². The molecule has 0 aromatic carbocycles. The summed E-state index contributed by atoms with van der Waals surface area (Å²) in [5, 5.41) is 34.9. The third-order valence-corrected chi connectivity index (χ3v) is 5.59. The Hall–Kier alpha value is -3.78. The lowest BCUT2D eigenvalue weighted by atomic mass is 10.1. The van der Waals surface area contributed by atoms with Crippen LogP contribution >= 0.6 is 0 Å². The van der Waals surface area contributed by atoms with Crippen LogP contribution in [-0.4, -0.2) is 59.0 Å². The van der Waals surface area contributed by atoms with Crippen molar-refractivity contribution in [3.05, 3.63) is 30.3 Å². The van der Waals surface area contributed by atoms with Crippen LogP contribution in [0.25, 0.3) is 33.8 Å². The lowest BCUT2D eigenvalue weighted by Crippen LogP contribution is -2.36. The second-order valence-corrected chi connectivity index (χ2v) is 7.54. The van der Waals surface area contributed by atoms with Crippen molar-refractivity contribution < 1.29 is 9.50 Å². The van der Waals surface area contributed by atoms with Crippen LogP contribution in [0.1, 0.15) is 12.8 Å². The monoisotopic (exact) mass is 421 g/mol. The van der Waals surface area contributed by atoms with Gasteiger partial charge in [-0.3, -0.25) is 9.78 Å². The molecule has 0 spiro atoms. The van der Waals surface area contributed by atoms with Gasteiger partial charge in [-0.1, -0.05) is 0 Å². The smallest absolute Gasteiger partial charge is 0.170 e. The van der Waals surface area contributed by atoms with Gasteiger partial charge in [0.15, 0.2) is 5.82 Å². The van der Waals surface area contributed by atoms with Crippen LogP contribution in [0.5, 0.6) is 0 Å². The number of rotatable bonds is 4. The maximum absolute atomic E-state index is 14.6. The largest absolute Gasteiger partial charge is 0.393 e. The first kappa shape index (κ1) is 19.2. The van der Waals surface area contributed by atoms with Crippen molar-refractivity contribution in [3.63, 3.8) is 0 Å². The summed E-state index contributed by atoms with van der Waals surface area (Å²) < 4.78 is 17.6. The number of aromatic nitrogens is 7. The molecule has 11 heteroatoms. The number of aromatic amines is 1. The molecular weight excluding hydrogens is 401 g/mol. The SMILES string of the molecule is Cn1ncc(F)c1-c1cc(N2CCC(O)CC2)c2c(n1)c(-c1ccn[nH]1)nn2CC#N. The molecule has 1 aliphatic rings. The van der Waals surface area contributed by atoms with Gasteiger partial charge in [0.25, 0.3) is 0 Å². The third kappa shape index (κ3) is 3.21. The predicted octanol–water partition coefficient (Wildman–Crippen LogP) is 1.85. The van der Waals surface area contributed by atoms with Crippen LogP contribution in [0.3, 0.4) is 0 Å². The van der Waals surface area contributed by atoms with E-state index in [1.807, 2.05) is 6.07 Å². The number of nitriles is 1. The van der Waals surface area contributed by atoms with E-state index in [4.69, 9.17) is 4.98 Å². The number of nitrogens with zero attached hydrogens (tertiary/aromatic N) is 8. The lowest BCUT2D eigenvalue weighted by molar-refractivity contribution is 0.145. The molecule has 31 heavy (non-hydrogen) atoms. The lowest BCUT2D eigenvalue weighted by Gasteiger charge is -2.32. The highest BCUT2D eigenvalue weighted by molar-refractivity contribution is 5.99. The zero-order chi connectivity index (χ0) is 21.5. The summed E-state index contributed by atoms with van der Waals surface area (Å²) in [5.41, 5.74) is 3.89. The number of aliphatic hydroxyl groups is 1. The number of hydrogen-bond donors (Lipinski definition) is 2. The average Bonchev–Trinajstić information content (AvgIpc) is 3.48. The van der Waals surface area contributed by atoms with Crippen LogP contribution in [0.4, 0.5) is 10.1 Å². The summed E-state index contributed by atoms with van der Waals surface area (Å²) >= 11 is 0. The van der Waals surface area contributed by atoms with E-state index in [-0.39, 0.29) is 18.3 Å². The molecule has 5 rings (SSSR count). The topological polar surface area (TPSA) is 124 Å². The van der Waals surface area contributed by atoms with Crippen LogP contribution in [0.2, 0.25) is 0 Å². The van der Waals surface area contributed by atoms with Gasteiger partial charge in [0, 0.05) is 26.3 Å². The number of anilines is 1. The third-order valence-electron chi connectivity index (χ3n) is 5.59. The number of pyridine rings is 1. The molecule has 0 unspecified atom stereocenters. The summed E-state index contributed by atoms with van der Waals surface area (Å²) in [7, 11) is 1.66. The molecule has 0 saturated carbocycles. The zero-order valence-electron chi connectivity index (χ0n) is 16.8. The fraction of sp³-hybridized carbons (Fsp3) is 0.350. The Labute approximate surface area is 176 Å². The molecule has 0 bridgehead atoms. The molecule has 2 N–H and O–H groups in total. The number of hydrogen-bond acceptors (Lipinski definition) is 7. The molecule has 10 nitrogen and oxygen atoms in total. The first-order valence-electron chi connectivity index (χ1n) is 9.96. The maximum atomic E-state index is 14.6. The normalized spacial score (nSPS) is 15.0. The number of aryl methyl sites for hydroxylation is 1. The van der Waals surface area contributed by atoms with Crippen molar-refractivity contribution in [2.45, 2.75) is 25.5 Å². The number of fused-ring (bicyclic) bond motifs is 1. The van der Waals surface area contributed by atoms with Crippen molar-refractivity contribution in [2.75, 3.05) is 18.0 Å². The Morgan fingerprint density at radius 1 is 1.35 bits per heavy atom. The molecule has 1 aliphatic heterocycles. The number of halogens is 1. The summed E-state index contributed by atoms with van der Waals surface area (Å²) in [6.45, 7) is 1.30. The highest BCUT2D eigenvalue weighted by Gasteiger charge is 2.26. The summed E-state index contributed by atoms with van der Waals surface area (Å²) in [4.78, 5) is 6.88. The molecule has 1 saturated heterocycles. The highest BCUT2D eigenvalue weighted by Crippen LogP contribution is 2.37. The Balaban J connectivity index is 1.81. The van der Waals surface area contributed by atoms with Gasteiger partial charge in [0.2, 0.25) is 0 Å². The Morgan fingerprint density at radius 2 is 2.16 bits per heavy atom. The van der Waals surface area contributed by atoms with Crippen LogP contribution in [0, 0.1) is 17.1 Å². The van der Waals surface area contributed by atoms with E-state index in [1.165, 1.54) is 4.68 Å². The van der Waals surface area contributed by atoms with Gasteiger partial charge in [0.1, 0.15) is 29.0 Å². The predicted molar refractivity (Wildman–Crippen MR) is 110 cm³/mol. The first-order chi connectivity index (χ1) is 15.1. The van der Waals surface area contributed by atoms with E-state index < -0.39 is 5.82 Å². The van der Waals surface area contributed by atoms with Gasteiger partial charge in [-0.15, -0.1) is 0 Å². The quantitative estimate of drug-likeness (QED) is 0.515. The fourth-order valence-corrected chi connectivity index (χ4v) is 4.08. The Bertz CT molecular complexity index is 1260. The molecular formula is C20H20FN9O. The molecule has 0 radical (unpaired) electrons. The van der Waals surface area contributed by atoms with Gasteiger partial charge in [0.05, 0.1) is 35.4 Å². The van der Waals surface area contributed by atoms with Gasteiger partial charge in [-0.2, -0.15) is 20.6 Å². The van der Waals surface area contributed by atoms with Crippen LogP contribution in [-0.2, 0) is 13.6 Å². The second-order valence-electron chi connectivity index (χ2n) is 7.54. The average molecular weight is 421 g/mol. The molecule has 5 heterocycles. The van der Waals surface area contributed by atoms with Crippen molar-refractivity contribution in [2.24, 2.45) is 7.05 Å². The minimum atomic E-state index is -0.470. The maximum Gasteiger partial charge on any atom is 0.170 e. The molecule has 0 atom stereocenters. The van der Waals surface area contributed by atoms with Crippen molar-refractivity contribution in [1.82, 2.24) is 34.7 Å². The van der Waals surface area contributed by atoms with Gasteiger partial charge >= 0.3 is 0 Å². The number of H-pyrrole nitrogens is 1. The molecule has 0 amide bonds. The van der Waals surface area contributed by atoms with Crippen molar-refractivity contribution in [1.29, 1.82) is 5.26 Å².